The SMILES string of the molecule is CC(NC1CSCc2ccccc21)C1CCOC1. The molecule has 1 N–H and O–H groups in total. The molecule has 0 amide bonds. The maximum Gasteiger partial charge on any atom is 0.0509 e. The van der Waals surface area contributed by atoms with E-state index >= 15 is 0 Å². The standard InChI is InChI=1S/C15H21NOS/c1-11(12-6-7-17-8-12)16-15-10-18-9-13-4-2-3-5-14(13)15/h2-5,11-12,15-16H,6-10H2,1H3. The first-order valence-corrected chi connectivity index (χ1v) is 7.99. The second-order valence-corrected chi connectivity index (χ2v) is 6.38. The molecule has 3 rings (SSSR count). The van der Waals surface area contributed by atoms with Gasteiger partial charge in [0.1, 0.15) is 0 Å². The summed E-state index contributed by atoms with van der Waals surface area (Å²) in [4.78, 5) is 0. The highest BCUT2D eigenvalue weighted by Crippen LogP contribution is 2.32. The van der Waals surface area contributed by atoms with Crippen molar-refractivity contribution in [1.29, 1.82) is 0 Å². The predicted octanol–water partition coefficient (Wildman–Crippen LogP) is 2.99. The van der Waals surface area contributed by atoms with Crippen LogP contribution in [0, 0.1) is 5.92 Å². The van der Waals surface area contributed by atoms with Gasteiger partial charge in [-0.1, -0.05) is 24.3 Å². The fourth-order valence-electron chi connectivity index (χ4n) is 2.92. The van der Waals surface area contributed by atoms with E-state index in [1.165, 1.54) is 23.3 Å². The lowest BCUT2D eigenvalue weighted by atomic mass is 9.97. The second kappa shape index (κ2) is 5.64. The Morgan fingerprint density at radius 3 is 3.11 bits per heavy atom. The van der Waals surface area contributed by atoms with Crippen molar-refractivity contribution in [3.05, 3.63) is 35.4 Å². The van der Waals surface area contributed by atoms with Gasteiger partial charge in [0.15, 0.2) is 0 Å². The van der Waals surface area contributed by atoms with Gasteiger partial charge < -0.3 is 10.1 Å². The summed E-state index contributed by atoms with van der Waals surface area (Å²) >= 11 is 2.04. The highest BCUT2D eigenvalue weighted by atomic mass is 32.2. The van der Waals surface area contributed by atoms with Crippen LogP contribution in [0.4, 0.5) is 0 Å². The van der Waals surface area contributed by atoms with Gasteiger partial charge in [-0.05, 0) is 30.4 Å². The number of hydrogen-bond acceptors (Lipinski definition) is 3. The minimum atomic E-state index is 0.510. The van der Waals surface area contributed by atoms with Crippen LogP contribution < -0.4 is 5.32 Å². The molecule has 3 unspecified atom stereocenters. The monoisotopic (exact) mass is 263 g/mol. The summed E-state index contributed by atoms with van der Waals surface area (Å²) in [5.74, 6) is 3.04. The summed E-state index contributed by atoms with van der Waals surface area (Å²) in [6.45, 7) is 4.17. The lowest BCUT2D eigenvalue weighted by molar-refractivity contribution is 0.177. The molecule has 2 aliphatic heterocycles. The molecule has 0 spiro atoms. The lowest BCUT2D eigenvalue weighted by Crippen LogP contribution is -2.38. The first-order valence-electron chi connectivity index (χ1n) is 6.84. The van der Waals surface area contributed by atoms with Crippen LogP contribution in [0.25, 0.3) is 0 Å². The summed E-state index contributed by atoms with van der Waals surface area (Å²) in [5.41, 5.74) is 3.00. The minimum Gasteiger partial charge on any atom is -0.381 e. The van der Waals surface area contributed by atoms with Crippen LogP contribution in [0.5, 0.6) is 0 Å². The van der Waals surface area contributed by atoms with Crippen LogP contribution in [-0.2, 0) is 10.5 Å². The number of hydrogen-bond donors (Lipinski definition) is 1. The Balaban J connectivity index is 1.70. The summed E-state index contributed by atoms with van der Waals surface area (Å²) < 4.78 is 5.49. The summed E-state index contributed by atoms with van der Waals surface area (Å²) in [5, 5.41) is 3.82. The van der Waals surface area contributed by atoms with Crippen molar-refractivity contribution in [2.45, 2.75) is 31.2 Å². The molecule has 1 fully saturated rings. The van der Waals surface area contributed by atoms with E-state index in [1.54, 1.807) is 0 Å². The van der Waals surface area contributed by atoms with Crippen LogP contribution in [0.3, 0.4) is 0 Å². The number of fused-ring (bicyclic) bond motifs is 1. The highest BCUT2D eigenvalue weighted by molar-refractivity contribution is 7.98. The van der Waals surface area contributed by atoms with Gasteiger partial charge in [-0.3, -0.25) is 0 Å². The van der Waals surface area contributed by atoms with Crippen molar-refractivity contribution in [3.63, 3.8) is 0 Å². The van der Waals surface area contributed by atoms with E-state index < -0.39 is 0 Å². The normalized spacial score (nSPS) is 28.9. The molecular weight excluding hydrogens is 242 g/mol. The predicted molar refractivity (Wildman–Crippen MR) is 76.9 cm³/mol. The van der Waals surface area contributed by atoms with Gasteiger partial charge >= 0.3 is 0 Å². The molecule has 2 nitrogen and oxygen atoms in total. The van der Waals surface area contributed by atoms with Crippen molar-refractivity contribution >= 4 is 11.8 Å². The third-order valence-corrected chi connectivity index (χ3v) is 5.19. The molecular formula is C15H21NOS. The smallest absolute Gasteiger partial charge is 0.0509 e. The number of thioether (sulfide) groups is 1. The molecule has 0 bridgehead atoms. The molecule has 2 heterocycles. The molecule has 0 radical (unpaired) electrons. The first-order chi connectivity index (χ1) is 8.84. The molecule has 1 saturated heterocycles. The van der Waals surface area contributed by atoms with Gasteiger partial charge in [0, 0.05) is 30.2 Å². The Kier molecular flexibility index (Phi) is 3.92. The van der Waals surface area contributed by atoms with E-state index in [1.807, 2.05) is 11.8 Å². The first kappa shape index (κ1) is 12.5. The van der Waals surface area contributed by atoms with Crippen LogP contribution in [0.2, 0.25) is 0 Å². The van der Waals surface area contributed by atoms with E-state index in [0.717, 1.165) is 19.0 Å². The molecule has 0 aromatic heterocycles. The van der Waals surface area contributed by atoms with Gasteiger partial charge in [0.25, 0.3) is 0 Å². The van der Waals surface area contributed by atoms with Crippen molar-refractivity contribution in [2.75, 3.05) is 19.0 Å². The van der Waals surface area contributed by atoms with Crippen molar-refractivity contribution in [3.8, 4) is 0 Å². The zero-order valence-electron chi connectivity index (χ0n) is 10.9. The quantitative estimate of drug-likeness (QED) is 0.906. The van der Waals surface area contributed by atoms with Crippen LogP contribution >= 0.6 is 11.8 Å². The maximum atomic E-state index is 5.49. The zero-order chi connectivity index (χ0) is 12.4. The Morgan fingerprint density at radius 2 is 2.28 bits per heavy atom. The largest absolute Gasteiger partial charge is 0.381 e. The van der Waals surface area contributed by atoms with Crippen LogP contribution in [0.1, 0.15) is 30.5 Å². The van der Waals surface area contributed by atoms with Gasteiger partial charge in [0.05, 0.1) is 6.61 Å². The third kappa shape index (κ3) is 2.58. The van der Waals surface area contributed by atoms with Crippen molar-refractivity contribution < 1.29 is 4.74 Å². The van der Waals surface area contributed by atoms with Gasteiger partial charge in [-0.2, -0.15) is 11.8 Å². The molecule has 1 aromatic carbocycles. The average molecular weight is 263 g/mol. The Morgan fingerprint density at radius 1 is 1.39 bits per heavy atom. The van der Waals surface area contributed by atoms with Crippen molar-refractivity contribution in [2.24, 2.45) is 5.92 Å². The topological polar surface area (TPSA) is 21.3 Å². The molecule has 1 aromatic rings. The van der Waals surface area contributed by atoms with Crippen LogP contribution in [0.15, 0.2) is 24.3 Å². The summed E-state index contributed by atoms with van der Waals surface area (Å²) in [6.07, 6.45) is 1.20. The Hall–Kier alpha value is -0.510. The Bertz CT molecular complexity index is 403. The molecule has 0 saturated carbocycles. The lowest BCUT2D eigenvalue weighted by Gasteiger charge is -2.30. The number of ether oxygens (including phenoxy) is 1. The summed E-state index contributed by atoms with van der Waals surface area (Å²) in [7, 11) is 0. The molecule has 98 valence electrons. The average Bonchev–Trinajstić information content (AvgIpc) is 2.93. The number of nitrogens with one attached hydrogen (secondary N) is 1. The number of rotatable bonds is 3. The fourth-order valence-corrected chi connectivity index (χ4v) is 4.03. The zero-order valence-corrected chi connectivity index (χ0v) is 11.7. The van der Waals surface area contributed by atoms with Gasteiger partial charge in [-0.15, -0.1) is 0 Å². The third-order valence-electron chi connectivity index (χ3n) is 4.11. The van der Waals surface area contributed by atoms with Gasteiger partial charge in [0.2, 0.25) is 0 Å². The molecule has 3 atom stereocenters. The van der Waals surface area contributed by atoms with E-state index in [2.05, 4.69) is 36.5 Å². The fraction of sp³-hybridized carbons (Fsp3) is 0.600. The molecule has 0 aliphatic carbocycles. The number of benzene rings is 1. The summed E-state index contributed by atoms with van der Waals surface area (Å²) in [6, 6.07) is 9.91. The van der Waals surface area contributed by atoms with E-state index in [9.17, 15) is 0 Å². The van der Waals surface area contributed by atoms with Gasteiger partial charge in [-0.25, -0.2) is 0 Å². The maximum absolute atomic E-state index is 5.49. The van der Waals surface area contributed by atoms with E-state index in [4.69, 9.17) is 4.74 Å². The molecule has 2 aliphatic rings. The highest BCUT2D eigenvalue weighted by Gasteiger charge is 2.27. The van der Waals surface area contributed by atoms with Crippen molar-refractivity contribution in [1.82, 2.24) is 5.32 Å². The Labute approximate surface area is 113 Å². The second-order valence-electron chi connectivity index (χ2n) is 5.35. The van der Waals surface area contributed by atoms with Crippen LogP contribution in [-0.4, -0.2) is 25.0 Å². The molecule has 3 heteroatoms. The van der Waals surface area contributed by atoms with E-state index in [-0.39, 0.29) is 0 Å². The van der Waals surface area contributed by atoms with E-state index in [0.29, 0.717) is 18.0 Å². The minimum absolute atomic E-state index is 0.510. The molecule has 18 heavy (non-hydrogen) atoms.